The van der Waals surface area contributed by atoms with Gasteiger partial charge in [0, 0.05) is 19.0 Å². The van der Waals surface area contributed by atoms with Gasteiger partial charge < -0.3 is 9.15 Å². The third-order valence-electron chi connectivity index (χ3n) is 5.18. The summed E-state index contributed by atoms with van der Waals surface area (Å²) in [6, 6.07) is 10.6. The quantitative estimate of drug-likeness (QED) is 0.532. The average molecular weight is 497 g/mol. The number of methoxy groups -OCH3 is 1. The Hall–Kier alpha value is -2.47. The summed E-state index contributed by atoms with van der Waals surface area (Å²) in [7, 11) is -1.99. The molecule has 0 saturated carbocycles. The minimum Gasteiger partial charge on any atom is -0.497 e. The van der Waals surface area contributed by atoms with Crippen LogP contribution in [0.1, 0.15) is 24.3 Å². The maximum absolute atomic E-state index is 12.7. The van der Waals surface area contributed by atoms with Crippen LogP contribution < -0.4 is 10.1 Å². The molecule has 12 heteroatoms. The maximum Gasteiger partial charge on any atom is 0.322 e. The van der Waals surface area contributed by atoms with Crippen LogP contribution >= 0.6 is 22.9 Å². The van der Waals surface area contributed by atoms with Crippen LogP contribution in [0.15, 0.2) is 45.0 Å². The predicted octanol–water partition coefficient (Wildman–Crippen LogP) is 3.42. The van der Waals surface area contributed by atoms with Gasteiger partial charge in [0.2, 0.25) is 11.8 Å². The van der Waals surface area contributed by atoms with E-state index in [4.69, 9.17) is 20.8 Å². The van der Waals surface area contributed by atoms with E-state index in [0.717, 1.165) is 22.6 Å². The van der Waals surface area contributed by atoms with E-state index >= 15 is 0 Å². The monoisotopic (exact) mass is 496 g/mol. The molecule has 0 radical (unpaired) electrons. The second kappa shape index (κ2) is 9.57. The fraction of sp³-hybridized carbons (Fsp3) is 0.350. The van der Waals surface area contributed by atoms with Crippen molar-refractivity contribution in [3.05, 3.63) is 52.2 Å². The van der Waals surface area contributed by atoms with Crippen LogP contribution in [-0.4, -0.2) is 49.0 Å². The zero-order valence-electron chi connectivity index (χ0n) is 17.2. The summed E-state index contributed by atoms with van der Waals surface area (Å²) in [4.78, 5) is 12.6. The standard InChI is InChI=1S/C20H21ClN4O5S2/c1-29-15-4-2-13(3-5-15)12-17-23-24-20(30-17)22-19(26)14-8-10-25(11-9-14)32(27,28)18-7-6-16(21)31-18/h2-7,14H,8-12H2,1H3,(H,22,24,26). The number of halogens is 1. The minimum atomic E-state index is -3.59. The molecule has 1 saturated heterocycles. The summed E-state index contributed by atoms with van der Waals surface area (Å²) in [6.07, 6.45) is 1.23. The van der Waals surface area contributed by atoms with E-state index in [1.54, 1.807) is 13.2 Å². The molecule has 32 heavy (non-hydrogen) atoms. The summed E-state index contributed by atoms with van der Waals surface area (Å²) in [5, 5.41) is 10.5. The van der Waals surface area contributed by atoms with Crippen LogP contribution in [-0.2, 0) is 21.2 Å². The van der Waals surface area contributed by atoms with Gasteiger partial charge in [-0.15, -0.1) is 16.4 Å². The van der Waals surface area contributed by atoms with Crippen LogP contribution in [0.3, 0.4) is 0 Å². The molecule has 9 nitrogen and oxygen atoms in total. The Bertz CT molecular complexity index is 1180. The van der Waals surface area contributed by atoms with Crippen molar-refractivity contribution < 1.29 is 22.4 Å². The summed E-state index contributed by atoms with van der Waals surface area (Å²) in [5.41, 5.74) is 0.966. The van der Waals surface area contributed by atoms with Gasteiger partial charge in [-0.25, -0.2) is 8.42 Å². The Labute approximate surface area is 194 Å². The van der Waals surface area contributed by atoms with Crippen molar-refractivity contribution in [1.29, 1.82) is 0 Å². The Kier molecular flexibility index (Phi) is 6.79. The minimum absolute atomic E-state index is 0.0294. The first-order chi connectivity index (χ1) is 15.3. The number of nitrogens with one attached hydrogen (secondary N) is 1. The van der Waals surface area contributed by atoms with Gasteiger partial charge in [-0.3, -0.25) is 10.1 Å². The highest BCUT2D eigenvalue weighted by Crippen LogP contribution is 2.30. The van der Waals surface area contributed by atoms with E-state index in [1.807, 2.05) is 24.3 Å². The lowest BCUT2D eigenvalue weighted by atomic mass is 9.97. The van der Waals surface area contributed by atoms with E-state index in [1.165, 1.54) is 10.4 Å². The number of thiophene rings is 1. The Balaban J connectivity index is 1.30. The SMILES string of the molecule is COc1ccc(Cc2nnc(NC(=O)C3CCN(S(=O)(=O)c4ccc(Cl)s4)CC3)o2)cc1. The first-order valence-corrected chi connectivity index (χ1v) is 12.5. The van der Waals surface area contributed by atoms with Gasteiger partial charge in [-0.2, -0.15) is 4.31 Å². The molecule has 3 heterocycles. The lowest BCUT2D eigenvalue weighted by Crippen LogP contribution is -2.41. The van der Waals surface area contributed by atoms with Crippen molar-refractivity contribution in [2.24, 2.45) is 5.92 Å². The molecule has 0 atom stereocenters. The highest BCUT2D eigenvalue weighted by molar-refractivity contribution is 7.91. The lowest BCUT2D eigenvalue weighted by molar-refractivity contribution is -0.121. The van der Waals surface area contributed by atoms with E-state index < -0.39 is 10.0 Å². The molecule has 0 aliphatic carbocycles. The van der Waals surface area contributed by atoms with Gasteiger partial charge in [0.25, 0.3) is 10.0 Å². The van der Waals surface area contributed by atoms with E-state index in [2.05, 4.69) is 15.5 Å². The summed E-state index contributed by atoms with van der Waals surface area (Å²) in [5.74, 6) is 0.525. The summed E-state index contributed by atoms with van der Waals surface area (Å²) >= 11 is 6.89. The molecule has 0 bridgehead atoms. The fourth-order valence-electron chi connectivity index (χ4n) is 3.42. The molecule has 1 amide bonds. The number of anilines is 1. The van der Waals surface area contributed by atoms with Crippen LogP contribution in [0, 0.1) is 5.92 Å². The number of rotatable bonds is 7. The predicted molar refractivity (Wildman–Crippen MR) is 120 cm³/mol. The third-order valence-corrected chi connectivity index (χ3v) is 8.78. The van der Waals surface area contributed by atoms with Crippen LogP contribution in [0.25, 0.3) is 0 Å². The number of amides is 1. The number of ether oxygens (including phenoxy) is 1. The number of piperidine rings is 1. The smallest absolute Gasteiger partial charge is 0.322 e. The number of benzene rings is 1. The van der Waals surface area contributed by atoms with Gasteiger partial charge >= 0.3 is 6.01 Å². The number of hydrogen-bond acceptors (Lipinski definition) is 8. The molecule has 4 rings (SSSR count). The number of sulfonamides is 1. The number of nitrogens with zero attached hydrogens (tertiary/aromatic N) is 3. The molecule has 0 unspecified atom stereocenters. The van der Waals surface area contributed by atoms with Gasteiger partial charge in [0.05, 0.1) is 17.9 Å². The zero-order valence-corrected chi connectivity index (χ0v) is 19.5. The Morgan fingerprint density at radius 1 is 1.22 bits per heavy atom. The molecule has 2 aromatic heterocycles. The van der Waals surface area contributed by atoms with Gasteiger partial charge in [-0.1, -0.05) is 28.8 Å². The number of carbonyl (C=O) groups is 1. The van der Waals surface area contributed by atoms with Crippen molar-refractivity contribution in [2.75, 3.05) is 25.5 Å². The molecule has 0 spiro atoms. The molecule has 170 valence electrons. The summed E-state index contributed by atoms with van der Waals surface area (Å²) in [6.45, 7) is 0.505. The molecule has 1 fully saturated rings. The molecule has 1 aromatic carbocycles. The van der Waals surface area contributed by atoms with E-state index in [-0.39, 0.29) is 35.1 Å². The highest BCUT2D eigenvalue weighted by atomic mass is 35.5. The van der Waals surface area contributed by atoms with Gasteiger partial charge in [0.1, 0.15) is 9.96 Å². The zero-order chi connectivity index (χ0) is 22.7. The molecule has 3 aromatic rings. The Morgan fingerprint density at radius 3 is 2.56 bits per heavy atom. The lowest BCUT2D eigenvalue weighted by Gasteiger charge is -2.29. The van der Waals surface area contributed by atoms with Crippen LogP contribution in [0.2, 0.25) is 4.34 Å². The van der Waals surface area contributed by atoms with Crippen LogP contribution in [0.5, 0.6) is 5.75 Å². The second-order valence-corrected chi connectivity index (χ2v) is 11.1. The summed E-state index contributed by atoms with van der Waals surface area (Å²) < 4.78 is 38.1. The normalized spacial score (nSPS) is 15.6. The number of carbonyl (C=O) groups excluding carboxylic acids is 1. The molecular formula is C20H21ClN4O5S2. The maximum atomic E-state index is 12.7. The van der Waals surface area contributed by atoms with Crippen LogP contribution in [0.4, 0.5) is 6.01 Å². The second-order valence-electron chi connectivity index (χ2n) is 7.25. The largest absolute Gasteiger partial charge is 0.497 e. The number of hydrogen-bond donors (Lipinski definition) is 1. The number of aromatic nitrogens is 2. The van der Waals surface area contributed by atoms with Crippen molar-refractivity contribution in [1.82, 2.24) is 14.5 Å². The van der Waals surface area contributed by atoms with Crippen molar-refractivity contribution in [3.8, 4) is 5.75 Å². The van der Waals surface area contributed by atoms with Crippen molar-refractivity contribution in [3.63, 3.8) is 0 Å². The average Bonchev–Trinajstić information content (AvgIpc) is 3.43. The highest BCUT2D eigenvalue weighted by Gasteiger charge is 2.33. The topological polar surface area (TPSA) is 115 Å². The van der Waals surface area contributed by atoms with Gasteiger partial charge in [-0.05, 0) is 42.7 Å². The van der Waals surface area contributed by atoms with Gasteiger partial charge in [0.15, 0.2) is 0 Å². The first kappa shape index (κ1) is 22.7. The van der Waals surface area contributed by atoms with Crippen molar-refractivity contribution in [2.45, 2.75) is 23.5 Å². The molecular weight excluding hydrogens is 476 g/mol. The molecule has 1 aliphatic heterocycles. The van der Waals surface area contributed by atoms with Crippen molar-refractivity contribution >= 4 is 44.9 Å². The first-order valence-electron chi connectivity index (χ1n) is 9.87. The molecule has 1 N–H and O–H groups in total. The fourth-order valence-corrected chi connectivity index (χ4v) is 6.53. The Morgan fingerprint density at radius 2 is 1.94 bits per heavy atom. The van der Waals surface area contributed by atoms with E-state index in [9.17, 15) is 13.2 Å². The van der Waals surface area contributed by atoms with E-state index in [0.29, 0.717) is 29.5 Å². The molecule has 1 aliphatic rings. The third kappa shape index (κ3) is 5.12.